The summed E-state index contributed by atoms with van der Waals surface area (Å²) < 4.78 is 11.3. The van der Waals surface area contributed by atoms with E-state index in [0.717, 1.165) is 11.1 Å². The quantitative estimate of drug-likeness (QED) is 0.448. The summed E-state index contributed by atoms with van der Waals surface area (Å²) in [5.74, 6) is -0.205. The van der Waals surface area contributed by atoms with E-state index in [4.69, 9.17) is 37.8 Å². The molecule has 0 fully saturated rings. The summed E-state index contributed by atoms with van der Waals surface area (Å²) >= 11 is 12.3. The molecule has 4 rings (SSSR count). The number of hydrogen-bond acceptors (Lipinski definition) is 4. The molecule has 176 valence electrons. The van der Waals surface area contributed by atoms with Crippen LogP contribution in [0.5, 0.6) is 11.5 Å². The molecule has 0 aliphatic carbocycles. The van der Waals surface area contributed by atoms with Gasteiger partial charge in [0.05, 0.1) is 19.1 Å². The van der Waals surface area contributed by atoms with Crippen LogP contribution < -0.4 is 9.47 Å². The molecule has 1 N–H and O–H groups in total. The normalized spacial score (nSPS) is 14.9. The van der Waals surface area contributed by atoms with Crippen molar-refractivity contribution in [2.75, 3.05) is 19.8 Å². The zero-order valence-corrected chi connectivity index (χ0v) is 19.8. The second-order valence-corrected chi connectivity index (χ2v) is 8.73. The summed E-state index contributed by atoms with van der Waals surface area (Å²) in [6.07, 6.45) is 0.872. The van der Waals surface area contributed by atoms with E-state index in [1.807, 2.05) is 24.3 Å². The minimum atomic E-state index is -1.09. The number of benzene rings is 3. The lowest BCUT2D eigenvalue weighted by atomic mass is 9.87. The van der Waals surface area contributed by atoms with Gasteiger partial charge in [0.25, 0.3) is 0 Å². The third kappa shape index (κ3) is 5.64. The number of ether oxygens (including phenoxy) is 2. The zero-order valence-electron chi connectivity index (χ0n) is 18.2. The number of carbonyl (C=O) groups is 2. The number of fused-ring (bicyclic) bond motifs is 1. The van der Waals surface area contributed by atoms with Gasteiger partial charge < -0.3 is 19.5 Å². The molecule has 6 nitrogen and oxygen atoms in total. The lowest BCUT2D eigenvalue weighted by Crippen LogP contribution is -2.41. The van der Waals surface area contributed by atoms with Crippen molar-refractivity contribution in [1.29, 1.82) is 0 Å². The van der Waals surface area contributed by atoms with Gasteiger partial charge in [0, 0.05) is 22.2 Å². The van der Waals surface area contributed by atoms with Gasteiger partial charge in [0.15, 0.2) is 6.61 Å². The van der Waals surface area contributed by atoms with Crippen LogP contribution >= 0.6 is 23.2 Å². The number of hydrogen-bond donors (Lipinski definition) is 1. The molecule has 34 heavy (non-hydrogen) atoms. The van der Waals surface area contributed by atoms with E-state index < -0.39 is 18.6 Å². The van der Waals surface area contributed by atoms with Crippen LogP contribution in [0.1, 0.15) is 29.2 Å². The number of carbonyl (C=O) groups excluding carboxylic acids is 1. The Morgan fingerprint density at radius 2 is 1.74 bits per heavy atom. The molecule has 0 aromatic heterocycles. The van der Waals surface area contributed by atoms with Crippen molar-refractivity contribution in [2.45, 2.75) is 18.9 Å². The van der Waals surface area contributed by atoms with E-state index in [1.165, 1.54) is 0 Å². The fourth-order valence-electron chi connectivity index (χ4n) is 4.13. The Bertz CT molecular complexity index is 1200. The lowest BCUT2D eigenvalue weighted by molar-refractivity contribution is -0.139. The van der Waals surface area contributed by atoms with Crippen LogP contribution in [0.4, 0.5) is 0 Å². The Balaban J connectivity index is 1.62. The number of carboxylic acid groups (broad SMARTS) is 1. The van der Waals surface area contributed by atoms with Gasteiger partial charge in [0.2, 0.25) is 5.91 Å². The largest absolute Gasteiger partial charge is 0.493 e. The lowest BCUT2D eigenvalue weighted by Gasteiger charge is -2.38. The van der Waals surface area contributed by atoms with E-state index in [2.05, 4.69) is 0 Å². The molecule has 3 aromatic rings. The second-order valence-electron chi connectivity index (χ2n) is 7.86. The Hall–Kier alpha value is -3.22. The van der Waals surface area contributed by atoms with Gasteiger partial charge in [-0.15, -0.1) is 0 Å². The number of nitrogens with zero attached hydrogens (tertiary/aromatic N) is 1. The predicted octanol–water partition coefficient (Wildman–Crippen LogP) is 5.40. The zero-order chi connectivity index (χ0) is 24.1. The summed E-state index contributed by atoms with van der Waals surface area (Å²) in [6, 6.07) is 19.5. The molecule has 3 aromatic carbocycles. The third-order valence-electron chi connectivity index (χ3n) is 5.60. The first-order valence-corrected chi connectivity index (χ1v) is 11.6. The van der Waals surface area contributed by atoms with E-state index >= 15 is 0 Å². The number of amides is 1. The minimum Gasteiger partial charge on any atom is -0.493 e. The molecule has 0 bridgehead atoms. The maximum absolute atomic E-state index is 13.4. The number of aliphatic carboxylic acids is 1. The summed E-state index contributed by atoms with van der Waals surface area (Å²) in [7, 11) is 0. The molecular formula is C26H23Cl2NO5. The van der Waals surface area contributed by atoms with Crippen LogP contribution in [0.2, 0.25) is 10.0 Å². The van der Waals surface area contributed by atoms with Crippen LogP contribution in [0.15, 0.2) is 66.7 Å². The highest BCUT2D eigenvalue weighted by Gasteiger charge is 2.33. The minimum absolute atomic E-state index is 0.0920. The van der Waals surface area contributed by atoms with Gasteiger partial charge in [-0.05, 0) is 53.9 Å². The van der Waals surface area contributed by atoms with E-state index in [1.54, 1.807) is 47.4 Å². The molecule has 1 amide bonds. The van der Waals surface area contributed by atoms with Crippen LogP contribution in [-0.2, 0) is 16.0 Å². The first-order valence-electron chi connectivity index (χ1n) is 10.8. The summed E-state index contributed by atoms with van der Waals surface area (Å²) in [5.41, 5.74) is 2.72. The molecule has 1 aliphatic heterocycles. The highest BCUT2D eigenvalue weighted by molar-refractivity contribution is 6.31. The van der Waals surface area contributed by atoms with Gasteiger partial charge in [0.1, 0.15) is 11.5 Å². The third-order valence-corrected chi connectivity index (χ3v) is 6.07. The Labute approximate surface area is 207 Å². The van der Waals surface area contributed by atoms with Crippen LogP contribution in [0, 0.1) is 0 Å². The van der Waals surface area contributed by atoms with Crippen molar-refractivity contribution < 1.29 is 24.2 Å². The molecule has 0 spiro atoms. The SMILES string of the molecule is O=C(O)COc1ccc(Cl)cc1C1c2ccccc2CCN1C(=O)CCOc1cccc(Cl)c1. The molecule has 1 unspecified atom stereocenters. The number of rotatable bonds is 8. The standard InChI is InChI=1S/C26H23Cl2NO5/c27-18-5-3-6-20(14-18)33-13-11-24(30)29-12-10-17-4-1-2-7-21(17)26(29)22-15-19(28)8-9-23(22)34-16-25(31)32/h1-9,14-15,26H,10-13,16H2,(H,31,32). The molecule has 1 aliphatic rings. The molecule has 0 radical (unpaired) electrons. The van der Waals surface area contributed by atoms with Gasteiger partial charge in [-0.1, -0.05) is 53.5 Å². The summed E-state index contributed by atoms with van der Waals surface area (Å²) in [5, 5.41) is 10.1. The smallest absolute Gasteiger partial charge is 0.341 e. The van der Waals surface area contributed by atoms with E-state index in [0.29, 0.717) is 40.1 Å². The van der Waals surface area contributed by atoms with Crippen LogP contribution in [0.3, 0.4) is 0 Å². The van der Waals surface area contributed by atoms with Crippen molar-refractivity contribution in [2.24, 2.45) is 0 Å². The first kappa shape index (κ1) is 23.9. The van der Waals surface area contributed by atoms with Crippen molar-refractivity contribution >= 4 is 35.1 Å². The Morgan fingerprint density at radius 1 is 0.941 bits per heavy atom. The van der Waals surface area contributed by atoms with Gasteiger partial charge >= 0.3 is 5.97 Å². The maximum Gasteiger partial charge on any atom is 0.341 e. The molecular weight excluding hydrogens is 477 g/mol. The molecule has 0 saturated heterocycles. The topological polar surface area (TPSA) is 76.1 Å². The maximum atomic E-state index is 13.4. The van der Waals surface area contributed by atoms with E-state index in [9.17, 15) is 9.59 Å². The first-order chi connectivity index (χ1) is 16.4. The van der Waals surface area contributed by atoms with Crippen molar-refractivity contribution in [1.82, 2.24) is 4.90 Å². The Kier molecular flexibility index (Phi) is 7.60. The number of carboxylic acids is 1. The molecule has 1 heterocycles. The summed E-state index contributed by atoms with van der Waals surface area (Å²) in [6.45, 7) is 0.203. The van der Waals surface area contributed by atoms with Crippen molar-refractivity contribution in [3.05, 3.63) is 93.5 Å². The molecule has 0 saturated carbocycles. The monoisotopic (exact) mass is 499 g/mol. The average molecular weight is 500 g/mol. The van der Waals surface area contributed by atoms with Gasteiger partial charge in [-0.3, -0.25) is 4.79 Å². The average Bonchev–Trinajstić information content (AvgIpc) is 2.82. The van der Waals surface area contributed by atoms with Gasteiger partial charge in [-0.2, -0.15) is 0 Å². The highest BCUT2D eigenvalue weighted by atomic mass is 35.5. The highest BCUT2D eigenvalue weighted by Crippen LogP contribution is 2.40. The van der Waals surface area contributed by atoms with E-state index in [-0.39, 0.29) is 18.9 Å². The molecule has 1 atom stereocenters. The second kappa shape index (κ2) is 10.8. The fourth-order valence-corrected chi connectivity index (χ4v) is 4.49. The fraction of sp³-hybridized carbons (Fsp3) is 0.231. The van der Waals surface area contributed by atoms with Crippen LogP contribution in [-0.4, -0.2) is 41.6 Å². The summed E-state index contributed by atoms with van der Waals surface area (Å²) in [4.78, 5) is 26.3. The Morgan fingerprint density at radius 3 is 2.53 bits per heavy atom. The van der Waals surface area contributed by atoms with Gasteiger partial charge in [-0.25, -0.2) is 4.79 Å². The number of halogens is 2. The molecule has 8 heteroatoms. The van der Waals surface area contributed by atoms with Crippen LogP contribution in [0.25, 0.3) is 0 Å². The van der Waals surface area contributed by atoms with Crippen molar-refractivity contribution in [3.63, 3.8) is 0 Å². The van der Waals surface area contributed by atoms with Crippen molar-refractivity contribution in [3.8, 4) is 11.5 Å². The predicted molar refractivity (Wildman–Crippen MR) is 130 cm³/mol.